The summed E-state index contributed by atoms with van der Waals surface area (Å²) >= 11 is 0. The van der Waals surface area contributed by atoms with Crippen LogP contribution in [0.25, 0.3) is 0 Å². The van der Waals surface area contributed by atoms with Gasteiger partial charge in [-0.25, -0.2) is 0 Å². The molecule has 0 bridgehead atoms. The van der Waals surface area contributed by atoms with Crippen molar-refractivity contribution in [2.45, 2.75) is 0 Å². The zero-order valence-corrected chi connectivity index (χ0v) is 95.7. The number of rotatable bonds is 31. The van der Waals surface area contributed by atoms with Gasteiger partial charge in [-0.15, -0.1) is 325 Å². The molecule has 0 saturated carbocycles. The molecule has 34 atom stereocenters. The van der Waals surface area contributed by atoms with Crippen molar-refractivity contribution in [2.24, 2.45) is 0 Å². The highest BCUT2D eigenvalue weighted by Gasteiger charge is 2.67. The lowest BCUT2D eigenvalue weighted by molar-refractivity contribution is 3.40. The van der Waals surface area contributed by atoms with E-state index in [1.165, 1.54) is 0 Å². The molecule has 0 N–H and O–H groups in total. The van der Waals surface area contributed by atoms with Crippen molar-refractivity contribution >= 4 is 523 Å². The van der Waals surface area contributed by atoms with Crippen LogP contribution in [0, 0.1) is 0 Å². The molecule has 66 heteroatoms. The van der Waals surface area contributed by atoms with Crippen LogP contribution in [-0.2, 0) is 0 Å². The van der Waals surface area contributed by atoms with Crippen LogP contribution in [0.15, 0.2) is 0 Å². The van der Waals surface area contributed by atoms with Gasteiger partial charge in [-0.2, -0.15) is 0 Å². The summed E-state index contributed by atoms with van der Waals surface area (Å²) in [6, 6.07) is 3.22. The van der Waals surface area contributed by atoms with Gasteiger partial charge in [0.25, 0.3) is 0 Å². The molecule has 0 heterocycles. The lowest BCUT2D eigenvalue weighted by Crippen LogP contribution is -2.72. The van der Waals surface area contributed by atoms with Crippen molar-refractivity contribution in [3.63, 3.8) is 0 Å². The van der Waals surface area contributed by atoms with Crippen LogP contribution in [-0.4, -0.2) is 49.4 Å². The molecule has 0 rings (SSSR count). The molecule has 0 aromatic carbocycles. The van der Waals surface area contributed by atoms with E-state index in [0.717, 1.165) is 0 Å². The third-order valence-electron chi connectivity index (χ3n) is 8.50. The normalized spacial score (nSPS) is 13.5. The molecule has 0 aromatic heterocycles. The van der Waals surface area contributed by atoms with Gasteiger partial charge in [-0.3, -0.25) is 0 Å². The fourth-order valence-electron chi connectivity index (χ4n) is 6.73. The minimum Gasteiger partial charge on any atom is -0.117 e. The summed E-state index contributed by atoms with van der Waals surface area (Å²) in [7, 11) is 116. The smallest absolute Gasteiger partial charge is 0.117 e. The van der Waals surface area contributed by atoms with E-state index in [4.69, 9.17) is 0 Å². The zero-order valence-electron chi connectivity index (χ0n) is 35.0. The summed E-state index contributed by atoms with van der Waals surface area (Å²) in [5.41, 5.74) is 0. The molecule has 0 aliphatic rings. The molecule has 382 valence electrons. The van der Waals surface area contributed by atoms with Gasteiger partial charge in [0.15, 0.2) is 30.2 Å². The molecule has 0 saturated heterocycles. The maximum atomic E-state index is 3.58. The van der Waals surface area contributed by atoms with Crippen LogP contribution in [0.1, 0.15) is 0 Å². The van der Waals surface area contributed by atoms with Gasteiger partial charge in [0.05, 0.1) is 12.8 Å². The average Bonchev–Trinajstić information content (AvgIpc) is 3.08. The Morgan fingerprint density at radius 1 is 0.136 bits per heavy atom. The fourth-order valence-corrected chi connectivity index (χ4v) is 366. The number of hydrogen-bond acceptors (Lipinski definition) is 0. The third-order valence-corrected chi connectivity index (χ3v) is 217. The highest BCUT2D eigenvalue weighted by molar-refractivity contribution is 9.20. The molecule has 0 radical (unpaired) electrons. The molecule has 0 nitrogen and oxygen atoms in total. The Labute approximate surface area is 515 Å². The van der Waals surface area contributed by atoms with Gasteiger partial charge in [0.1, 0.15) is 0 Å². The van der Waals surface area contributed by atoms with Crippen molar-refractivity contribution in [1.29, 1.82) is 0 Å². The zero-order chi connectivity index (χ0) is 52.5. The van der Waals surface area contributed by atoms with E-state index in [9.17, 15) is 0 Å². The third kappa shape index (κ3) is 31.3. The monoisotopic (exact) mass is 1950 g/mol. The first-order valence-electron chi connectivity index (χ1n) is 16.5. The minimum atomic E-state index is -0.464. The predicted molar refractivity (Wildman–Crippen MR) is 542 cm³/mol. The van der Waals surface area contributed by atoms with Crippen molar-refractivity contribution in [2.75, 3.05) is 0 Å². The lowest BCUT2D eigenvalue weighted by Gasteiger charge is -2.57. The second-order valence-electron chi connectivity index (χ2n) is 12.7. The van der Waals surface area contributed by atoms with Crippen molar-refractivity contribution in [3.05, 3.63) is 0 Å². The average molecular weight is 1950 g/mol. The molecule has 0 fully saturated rings. The van der Waals surface area contributed by atoms with Crippen LogP contribution in [0.2, 0.25) is 0 Å². The SMILES string of the molecule is PP(P)B(B(B(B(B(P(P(P)P)P(P)P)P(P(P)P)P(P)P)B(P(P(P)P)P(P)P)P(P(P)P)P(P)P)B(P(P(P)P)P(P)P)P(P(P)P)P(P)P)B(P(P)P)P(P(P)P)P(P)P)P(P)P. The molecule has 66 heavy (non-hydrogen) atoms. The maximum absolute atomic E-state index is 3.58. The highest BCUT2D eigenvalue weighted by atomic mass is 33.0. The Hall–Kier alpha value is 25.5. The summed E-state index contributed by atoms with van der Waals surface area (Å²) in [5, 5.41) is 0. The molecule has 0 aliphatic heterocycles. The van der Waals surface area contributed by atoms with Gasteiger partial charge < -0.3 is 0 Å². The molecule has 34 unspecified atom stereocenters. The molecule has 0 amide bonds. The van der Waals surface area contributed by atoms with Crippen LogP contribution in [0.5, 0.6) is 0 Å². The summed E-state index contributed by atoms with van der Waals surface area (Å²) in [4.78, 5) is 0. The first kappa shape index (κ1) is 91.5. The van der Waals surface area contributed by atoms with E-state index in [2.05, 4.69) is 304 Å². The van der Waals surface area contributed by atoms with E-state index < -0.39 is 64.6 Å². The summed E-state index contributed by atoms with van der Waals surface area (Å²) in [6.07, 6.45) is 1.74. The second kappa shape index (κ2) is 49.1. The Balaban J connectivity index is 11.3. The van der Waals surface area contributed by atoms with E-state index >= 15 is 0 Å². The van der Waals surface area contributed by atoms with Gasteiger partial charge >= 0.3 is 0 Å². The molecular formula is H68B8P58. The summed E-state index contributed by atoms with van der Waals surface area (Å²) in [6.45, 7) is -5.12. The molecular weight excluding hydrogens is 1880 g/mol. The van der Waals surface area contributed by atoms with Gasteiger partial charge in [0.2, 0.25) is 0 Å². The topological polar surface area (TPSA) is 0 Å². The Bertz CT molecular complexity index is 1100. The second-order valence-corrected chi connectivity index (χ2v) is 207. The van der Waals surface area contributed by atoms with E-state index in [0.29, 0.717) is 49.4 Å². The fraction of sp³-hybridized carbons (Fsp3) is 0. The minimum absolute atomic E-state index is 0.333. The first-order valence-corrected chi connectivity index (χ1v) is 114. The van der Waals surface area contributed by atoms with Gasteiger partial charge in [0, 0.05) is 6.39 Å². The molecule has 0 aliphatic carbocycles. The van der Waals surface area contributed by atoms with E-state index in [1.807, 2.05) is 0 Å². The maximum Gasteiger partial charge on any atom is 0.177 e. The van der Waals surface area contributed by atoms with E-state index in [1.54, 1.807) is 0 Å². The largest absolute Gasteiger partial charge is 0.177 e. The van der Waals surface area contributed by atoms with Crippen molar-refractivity contribution in [1.82, 2.24) is 0 Å². The molecule has 0 spiro atoms. The molecule has 0 aromatic rings. The van der Waals surface area contributed by atoms with Crippen molar-refractivity contribution < 1.29 is 0 Å². The summed E-state index contributed by atoms with van der Waals surface area (Å²) < 4.78 is 0. The Kier molecular flexibility index (Phi) is 68.0. The summed E-state index contributed by atoms with van der Waals surface area (Å²) in [5.74, 6) is 0. The van der Waals surface area contributed by atoms with E-state index in [-0.39, 0.29) is 105 Å². The highest BCUT2D eigenvalue weighted by Crippen LogP contribution is 3.13. The van der Waals surface area contributed by atoms with Crippen LogP contribution in [0.4, 0.5) is 0 Å². The van der Waals surface area contributed by atoms with Crippen LogP contribution in [0.3, 0.4) is 0 Å². The van der Waals surface area contributed by atoms with Gasteiger partial charge in [-0.1, -0.05) is 50.2 Å². The predicted octanol–water partition coefficient (Wildman–Crippen LogP) is 28.7. The number of hydrogen-bond donors (Lipinski definition) is 0. The Morgan fingerprint density at radius 3 is 0.394 bits per heavy atom. The standard InChI is InChI=1S/B8H68P58/c9-43(10)4(44(11)12)2(5(45(13)14)46(53(15)16)54(17)18)1(6(47(55(19)20)56(21)22)48(57(23)24)58(25)26)3(7(49(59(27)28)60(29)30)50(61(31)32)62(33)34)8(51(63(35)36)64(37)38)52(65(39)40)66(41)42/h9-42H2. The lowest BCUT2D eigenvalue weighted by atomic mass is 8.65. The quantitative estimate of drug-likeness (QED) is 0.0479. The van der Waals surface area contributed by atoms with Crippen molar-refractivity contribution in [3.8, 4) is 0 Å². The Morgan fingerprint density at radius 2 is 0.258 bits per heavy atom. The van der Waals surface area contributed by atoms with Crippen LogP contribution >= 0.6 is 473 Å². The van der Waals surface area contributed by atoms with Crippen LogP contribution < -0.4 is 0 Å². The first-order chi connectivity index (χ1) is 30.0. The van der Waals surface area contributed by atoms with Gasteiger partial charge in [-0.05, 0) is 97.8 Å².